The van der Waals surface area contributed by atoms with E-state index in [1.54, 1.807) is 11.3 Å². The minimum atomic E-state index is 0.305. The fourth-order valence-electron chi connectivity index (χ4n) is 2.66. The molecule has 3 rings (SSSR count). The van der Waals surface area contributed by atoms with Crippen LogP contribution in [0.1, 0.15) is 34.0 Å². The first kappa shape index (κ1) is 12.8. The topological polar surface area (TPSA) is 32.3 Å². The Kier molecular flexibility index (Phi) is 3.19. The average molecular weight is 294 g/mol. The third-order valence-electron chi connectivity index (χ3n) is 3.81. The number of phenolic OH excluding ortho intramolecular Hbond substituents is 1. The maximum Gasteiger partial charge on any atom is 0.123 e. The molecule has 0 saturated carbocycles. The highest BCUT2D eigenvalue weighted by molar-refractivity contribution is 7.16. The molecule has 19 heavy (non-hydrogen) atoms. The number of thiophene rings is 1. The number of benzene rings is 1. The van der Waals surface area contributed by atoms with Crippen LogP contribution >= 0.6 is 22.9 Å². The van der Waals surface area contributed by atoms with Crippen LogP contribution < -0.4 is 5.32 Å². The van der Waals surface area contributed by atoms with Gasteiger partial charge in [0.2, 0.25) is 0 Å². The van der Waals surface area contributed by atoms with Gasteiger partial charge in [-0.05, 0) is 49.9 Å². The molecule has 1 unspecified atom stereocenters. The Bertz CT molecular complexity index is 635. The van der Waals surface area contributed by atoms with Gasteiger partial charge in [0.1, 0.15) is 5.75 Å². The molecule has 1 heterocycles. The Hall–Kier alpha value is -1.19. The van der Waals surface area contributed by atoms with Crippen molar-refractivity contribution in [3.05, 3.63) is 44.1 Å². The lowest BCUT2D eigenvalue weighted by Crippen LogP contribution is -2.08. The molecule has 1 atom stereocenters. The second-order valence-electron chi connectivity index (χ2n) is 5.07. The van der Waals surface area contributed by atoms with E-state index in [1.807, 2.05) is 26.0 Å². The van der Waals surface area contributed by atoms with E-state index in [-0.39, 0.29) is 0 Å². The van der Waals surface area contributed by atoms with Crippen LogP contribution in [0.15, 0.2) is 18.2 Å². The van der Waals surface area contributed by atoms with Crippen molar-refractivity contribution < 1.29 is 5.11 Å². The maximum absolute atomic E-state index is 10.0. The largest absolute Gasteiger partial charge is 0.507 e. The van der Waals surface area contributed by atoms with E-state index < -0.39 is 0 Å². The minimum absolute atomic E-state index is 0.305. The number of halogens is 1. The van der Waals surface area contributed by atoms with E-state index in [9.17, 15) is 5.11 Å². The highest BCUT2D eigenvalue weighted by Gasteiger charge is 2.25. The molecule has 100 valence electrons. The molecule has 1 aromatic carbocycles. The molecule has 2 nitrogen and oxygen atoms in total. The number of phenols is 1. The zero-order chi connectivity index (χ0) is 13.6. The van der Waals surface area contributed by atoms with Crippen molar-refractivity contribution in [1.29, 1.82) is 0 Å². The highest BCUT2D eigenvalue weighted by Crippen LogP contribution is 2.41. The number of rotatable bonds is 2. The molecule has 0 amide bonds. The number of nitrogens with one attached hydrogen (secondary N) is 1. The van der Waals surface area contributed by atoms with E-state index in [0.29, 0.717) is 11.8 Å². The van der Waals surface area contributed by atoms with Crippen LogP contribution in [0, 0.1) is 13.8 Å². The van der Waals surface area contributed by atoms with Crippen LogP contribution in [-0.4, -0.2) is 5.11 Å². The molecule has 0 spiro atoms. The number of aromatic hydroxyl groups is 1. The van der Waals surface area contributed by atoms with Gasteiger partial charge in [0.05, 0.1) is 10.4 Å². The van der Waals surface area contributed by atoms with Crippen LogP contribution in [-0.2, 0) is 6.42 Å². The van der Waals surface area contributed by atoms with E-state index in [1.165, 1.54) is 10.4 Å². The second kappa shape index (κ2) is 4.73. The maximum atomic E-state index is 10.0. The van der Waals surface area contributed by atoms with E-state index in [4.69, 9.17) is 11.6 Å². The van der Waals surface area contributed by atoms with Gasteiger partial charge >= 0.3 is 0 Å². The molecule has 2 aromatic rings. The first-order valence-electron chi connectivity index (χ1n) is 6.40. The van der Waals surface area contributed by atoms with Gasteiger partial charge in [0.25, 0.3) is 0 Å². The summed E-state index contributed by atoms with van der Waals surface area (Å²) in [6.07, 6.45) is 2.17. The summed E-state index contributed by atoms with van der Waals surface area (Å²) in [5.41, 5.74) is 4.14. The molecule has 1 aromatic heterocycles. The fraction of sp³-hybridized carbons (Fsp3) is 0.333. The van der Waals surface area contributed by atoms with Gasteiger partial charge in [-0.2, -0.15) is 0 Å². The van der Waals surface area contributed by atoms with Crippen molar-refractivity contribution in [2.75, 3.05) is 5.32 Å². The van der Waals surface area contributed by atoms with Crippen LogP contribution in [0.3, 0.4) is 0 Å². The van der Waals surface area contributed by atoms with Gasteiger partial charge in [0.15, 0.2) is 0 Å². The smallest absolute Gasteiger partial charge is 0.123 e. The molecule has 0 bridgehead atoms. The Morgan fingerprint density at radius 3 is 2.95 bits per heavy atom. The molecular weight excluding hydrogens is 278 g/mol. The summed E-state index contributed by atoms with van der Waals surface area (Å²) in [7, 11) is 0. The lowest BCUT2D eigenvalue weighted by molar-refractivity contribution is 0.467. The molecule has 1 aliphatic carbocycles. The normalized spacial score (nSPS) is 17.5. The SMILES string of the molecule is Cc1ccc(NC2CCc3sc(Cl)cc32)c(C)c1O. The lowest BCUT2D eigenvalue weighted by atomic mass is 10.1. The van der Waals surface area contributed by atoms with Gasteiger partial charge in [-0.3, -0.25) is 0 Å². The molecule has 4 heteroatoms. The summed E-state index contributed by atoms with van der Waals surface area (Å²) in [5.74, 6) is 0.381. The Labute approximate surface area is 122 Å². The molecule has 1 aliphatic rings. The third kappa shape index (κ3) is 2.21. The summed E-state index contributed by atoms with van der Waals surface area (Å²) in [4.78, 5) is 1.39. The summed E-state index contributed by atoms with van der Waals surface area (Å²) in [5, 5.41) is 13.5. The standard InChI is InChI=1S/C15H16ClNOS/c1-8-3-4-11(9(2)15(8)18)17-12-5-6-13-10(12)7-14(16)19-13/h3-4,7,12,17-18H,5-6H2,1-2H3. The van der Waals surface area contributed by atoms with Crippen LogP contribution in [0.4, 0.5) is 5.69 Å². The first-order chi connectivity index (χ1) is 9.06. The zero-order valence-electron chi connectivity index (χ0n) is 11.0. The zero-order valence-corrected chi connectivity index (χ0v) is 12.5. The van der Waals surface area contributed by atoms with Crippen LogP contribution in [0.2, 0.25) is 4.34 Å². The monoisotopic (exact) mass is 293 g/mol. The third-order valence-corrected chi connectivity index (χ3v) is 5.15. The van der Waals surface area contributed by atoms with Gasteiger partial charge in [-0.25, -0.2) is 0 Å². The number of anilines is 1. The fourth-order valence-corrected chi connectivity index (χ4v) is 4.02. The Morgan fingerprint density at radius 2 is 2.16 bits per heavy atom. The molecular formula is C15H16ClNOS. The van der Waals surface area contributed by atoms with Crippen molar-refractivity contribution in [3.63, 3.8) is 0 Å². The van der Waals surface area contributed by atoms with E-state index >= 15 is 0 Å². The van der Waals surface area contributed by atoms with Crippen molar-refractivity contribution in [2.45, 2.75) is 32.7 Å². The molecule has 2 N–H and O–H groups in total. The number of hydrogen-bond donors (Lipinski definition) is 2. The first-order valence-corrected chi connectivity index (χ1v) is 7.59. The second-order valence-corrected chi connectivity index (χ2v) is 6.84. The van der Waals surface area contributed by atoms with Crippen molar-refractivity contribution in [1.82, 2.24) is 0 Å². The molecule has 0 radical (unpaired) electrons. The van der Waals surface area contributed by atoms with Crippen LogP contribution in [0.25, 0.3) is 0 Å². The number of aryl methyl sites for hydroxylation is 2. The van der Waals surface area contributed by atoms with Gasteiger partial charge in [0, 0.05) is 16.1 Å². The molecule has 0 saturated heterocycles. The average Bonchev–Trinajstić information content (AvgIpc) is 2.90. The lowest BCUT2D eigenvalue weighted by Gasteiger charge is -2.18. The van der Waals surface area contributed by atoms with Gasteiger partial charge in [-0.15, -0.1) is 11.3 Å². The highest BCUT2D eigenvalue weighted by atomic mass is 35.5. The van der Waals surface area contributed by atoms with E-state index in [0.717, 1.165) is 34.0 Å². The summed E-state index contributed by atoms with van der Waals surface area (Å²) in [6.45, 7) is 3.86. The predicted molar refractivity (Wildman–Crippen MR) is 81.6 cm³/mol. The number of hydrogen-bond acceptors (Lipinski definition) is 3. The number of fused-ring (bicyclic) bond motifs is 1. The minimum Gasteiger partial charge on any atom is -0.507 e. The molecule has 0 fully saturated rings. The summed E-state index contributed by atoms with van der Waals surface area (Å²) in [6, 6.07) is 6.35. The van der Waals surface area contributed by atoms with Crippen LogP contribution in [0.5, 0.6) is 5.75 Å². The van der Waals surface area contributed by atoms with Crippen molar-refractivity contribution in [3.8, 4) is 5.75 Å². The quantitative estimate of drug-likeness (QED) is 0.832. The summed E-state index contributed by atoms with van der Waals surface area (Å²) < 4.78 is 0.861. The Morgan fingerprint density at radius 1 is 1.37 bits per heavy atom. The van der Waals surface area contributed by atoms with Gasteiger partial charge < -0.3 is 10.4 Å². The Balaban J connectivity index is 1.89. The van der Waals surface area contributed by atoms with Crippen molar-refractivity contribution >= 4 is 28.6 Å². The predicted octanol–water partition coefficient (Wildman–Crippen LogP) is 4.82. The van der Waals surface area contributed by atoms with Gasteiger partial charge in [-0.1, -0.05) is 17.7 Å². The van der Waals surface area contributed by atoms with Crippen molar-refractivity contribution in [2.24, 2.45) is 0 Å². The molecule has 0 aliphatic heterocycles. The summed E-state index contributed by atoms with van der Waals surface area (Å²) >= 11 is 7.75. The van der Waals surface area contributed by atoms with E-state index in [2.05, 4.69) is 11.4 Å².